The maximum atomic E-state index is 12.5. The number of halogens is 1. The number of hydrogen-bond donors (Lipinski definition) is 1. The van der Waals surface area contributed by atoms with Gasteiger partial charge in [0.2, 0.25) is 0 Å². The molecule has 0 unspecified atom stereocenters. The van der Waals surface area contributed by atoms with Crippen LogP contribution < -0.4 is 0 Å². The number of hydrazone groups is 1. The van der Waals surface area contributed by atoms with Crippen molar-refractivity contribution in [3.05, 3.63) is 34.3 Å². The molecule has 1 N–H and O–H groups in total. The van der Waals surface area contributed by atoms with Gasteiger partial charge >= 0.3 is 0 Å². The molecule has 0 spiro atoms. The zero-order valence-corrected chi connectivity index (χ0v) is 12.8. The first-order chi connectivity index (χ1) is 8.84. The minimum atomic E-state index is -1.23. The molecule has 0 aliphatic carbocycles. The first kappa shape index (κ1) is 14.2. The van der Waals surface area contributed by atoms with Gasteiger partial charge < -0.3 is 5.11 Å². The first-order valence-electron chi connectivity index (χ1n) is 6.21. The molecule has 102 valence electrons. The Bertz CT molecular complexity index is 542. The van der Waals surface area contributed by atoms with Crippen LogP contribution in [0.25, 0.3) is 0 Å². The van der Waals surface area contributed by atoms with Crippen molar-refractivity contribution in [2.45, 2.75) is 32.9 Å². The predicted molar refractivity (Wildman–Crippen MR) is 77.8 cm³/mol. The van der Waals surface area contributed by atoms with Crippen LogP contribution in [0.4, 0.5) is 0 Å². The van der Waals surface area contributed by atoms with Gasteiger partial charge in [0.25, 0.3) is 5.91 Å². The third kappa shape index (κ3) is 2.58. The predicted octanol–water partition coefficient (Wildman–Crippen LogP) is 3.02. The standard InChI is InChI=1S/C14H17BrN2O2/c1-9(2)14(19)8-10(3)16-17(14)13(18)11-5-4-6-12(15)7-11/h4-7,9,19H,8H2,1-3H3/t14-/m0/s1. The maximum absolute atomic E-state index is 12.5. The minimum absolute atomic E-state index is 0.0928. The quantitative estimate of drug-likeness (QED) is 0.909. The molecular weight excluding hydrogens is 308 g/mol. The molecule has 1 aromatic rings. The Balaban J connectivity index is 2.37. The number of rotatable bonds is 2. The van der Waals surface area contributed by atoms with Crippen LogP contribution in [0.3, 0.4) is 0 Å². The molecule has 2 rings (SSSR count). The second kappa shape index (κ2) is 5.06. The number of nitrogens with zero attached hydrogens (tertiary/aromatic N) is 2. The van der Waals surface area contributed by atoms with Gasteiger partial charge in [-0.05, 0) is 25.1 Å². The zero-order chi connectivity index (χ0) is 14.2. The van der Waals surface area contributed by atoms with Gasteiger partial charge in [-0.15, -0.1) is 0 Å². The second-order valence-corrected chi connectivity index (χ2v) is 6.09. The summed E-state index contributed by atoms with van der Waals surface area (Å²) in [6.45, 7) is 5.59. The van der Waals surface area contributed by atoms with E-state index in [1.807, 2.05) is 26.8 Å². The van der Waals surface area contributed by atoms with Crippen molar-refractivity contribution in [1.82, 2.24) is 5.01 Å². The molecule has 1 aliphatic heterocycles. The van der Waals surface area contributed by atoms with E-state index in [0.717, 1.165) is 10.2 Å². The smallest absolute Gasteiger partial charge is 0.276 e. The second-order valence-electron chi connectivity index (χ2n) is 5.17. The molecule has 0 radical (unpaired) electrons. The monoisotopic (exact) mass is 324 g/mol. The lowest BCUT2D eigenvalue weighted by Gasteiger charge is -2.34. The molecule has 5 heteroatoms. The van der Waals surface area contributed by atoms with E-state index in [4.69, 9.17) is 0 Å². The number of aliphatic hydroxyl groups is 1. The van der Waals surface area contributed by atoms with Gasteiger partial charge in [-0.3, -0.25) is 4.79 Å². The minimum Gasteiger partial charge on any atom is -0.368 e. The Morgan fingerprint density at radius 2 is 2.21 bits per heavy atom. The Hall–Kier alpha value is -1.20. The number of hydrogen-bond acceptors (Lipinski definition) is 3. The Labute approximate surface area is 121 Å². The number of amides is 1. The molecule has 0 fully saturated rings. The van der Waals surface area contributed by atoms with Crippen molar-refractivity contribution in [3.8, 4) is 0 Å². The van der Waals surface area contributed by atoms with Gasteiger partial charge in [0, 0.05) is 28.1 Å². The van der Waals surface area contributed by atoms with Crippen molar-refractivity contribution in [3.63, 3.8) is 0 Å². The third-order valence-corrected chi connectivity index (χ3v) is 3.84. The van der Waals surface area contributed by atoms with Crippen LogP contribution in [-0.4, -0.2) is 27.5 Å². The molecule has 19 heavy (non-hydrogen) atoms. The van der Waals surface area contributed by atoms with E-state index < -0.39 is 5.72 Å². The van der Waals surface area contributed by atoms with E-state index in [1.54, 1.807) is 18.2 Å². The summed E-state index contributed by atoms with van der Waals surface area (Å²) in [5, 5.41) is 16.1. The molecule has 1 heterocycles. The van der Waals surface area contributed by atoms with E-state index >= 15 is 0 Å². The molecule has 1 amide bonds. The van der Waals surface area contributed by atoms with Crippen molar-refractivity contribution < 1.29 is 9.90 Å². The van der Waals surface area contributed by atoms with E-state index in [9.17, 15) is 9.90 Å². The molecule has 4 nitrogen and oxygen atoms in total. The van der Waals surface area contributed by atoms with Crippen LogP contribution in [0.15, 0.2) is 33.8 Å². The van der Waals surface area contributed by atoms with Gasteiger partial charge in [-0.2, -0.15) is 10.1 Å². The van der Waals surface area contributed by atoms with Crippen LogP contribution in [0.1, 0.15) is 37.6 Å². The van der Waals surface area contributed by atoms with Crippen LogP contribution in [0, 0.1) is 5.92 Å². The summed E-state index contributed by atoms with van der Waals surface area (Å²) >= 11 is 3.34. The highest BCUT2D eigenvalue weighted by Crippen LogP contribution is 2.33. The molecule has 0 bridgehead atoms. The molecular formula is C14H17BrN2O2. The average Bonchev–Trinajstić information content (AvgIpc) is 2.65. The molecule has 1 aliphatic rings. The van der Waals surface area contributed by atoms with Crippen LogP contribution in [0.5, 0.6) is 0 Å². The van der Waals surface area contributed by atoms with Crippen LogP contribution >= 0.6 is 15.9 Å². The van der Waals surface area contributed by atoms with Gasteiger partial charge in [-0.25, -0.2) is 0 Å². The highest BCUT2D eigenvalue weighted by Gasteiger charge is 2.45. The summed E-state index contributed by atoms with van der Waals surface area (Å²) in [6, 6.07) is 7.09. The van der Waals surface area contributed by atoms with Gasteiger partial charge in [-0.1, -0.05) is 35.8 Å². The summed E-state index contributed by atoms with van der Waals surface area (Å²) in [7, 11) is 0. The van der Waals surface area contributed by atoms with Gasteiger partial charge in [0.05, 0.1) is 0 Å². The van der Waals surface area contributed by atoms with E-state index in [0.29, 0.717) is 12.0 Å². The van der Waals surface area contributed by atoms with Crippen molar-refractivity contribution in [2.24, 2.45) is 11.0 Å². The lowest BCUT2D eigenvalue weighted by molar-refractivity contribution is -0.103. The molecule has 0 saturated heterocycles. The largest absolute Gasteiger partial charge is 0.368 e. The normalized spacial score (nSPS) is 22.8. The van der Waals surface area contributed by atoms with Crippen LogP contribution in [-0.2, 0) is 0 Å². The lowest BCUT2D eigenvalue weighted by atomic mass is 9.94. The fraction of sp³-hybridized carbons (Fsp3) is 0.429. The van der Waals surface area contributed by atoms with Crippen molar-refractivity contribution in [1.29, 1.82) is 0 Å². The summed E-state index contributed by atoms with van der Waals surface area (Å²) in [5.74, 6) is -0.376. The van der Waals surface area contributed by atoms with E-state index in [2.05, 4.69) is 21.0 Å². The van der Waals surface area contributed by atoms with Crippen molar-refractivity contribution >= 4 is 27.5 Å². The molecule has 1 atom stereocenters. The summed E-state index contributed by atoms with van der Waals surface area (Å²) in [4.78, 5) is 12.5. The van der Waals surface area contributed by atoms with E-state index in [-0.39, 0.29) is 11.8 Å². The Kier molecular flexibility index (Phi) is 3.78. The zero-order valence-electron chi connectivity index (χ0n) is 11.2. The SMILES string of the molecule is CC1=NN(C(=O)c2cccc(Br)c2)[C@@](O)(C(C)C)C1. The number of carbonyl (C=O) groups is 1. The molecule has 0 aromatic heterocycles. The Morgan fingerprint density at radius 3 is 2.79 bits per heavy atom. The topological polar surface area (TPSA) is 52.9 Å². The summed E-state index contributed by atoms with van der Waals surface area (Å²) < 4.78 is 0.825. The Morgan fingerprint density at radius 1 is 1.53 bits per heavy atom. The first-order valence-corrected chi connectivity index (χ1v) is 7.00. The summed E-state index contributed by atoms with van der Waals surface area (Å²) in [5.41, 5.74) is 0.0372. The molecule has 1 aromatic carbocycles. The number of carbonyl (C=O) groups excluding carboxylic acids is 1. The molecule has 0 saturated carbocycles. The fourth-order valence-corrected chi connectivity index (χ4v) is 2.56. The average molecular weight is 325 g/mol. The third-order valence-electron chi connectivity index (χ3n) is 3.34. The van der Waals surface area contributed by atoms with E-state index in [1.165, 1.54) is 5.01 Å². The van der Waals surface area contributed by atoms with Crippen molar-refractivity contribution in [2.75, 3.05) is 0 Å². The van der Waals surface area contributed by atoms with Gasteiger partial charge in [0.1, 0.15) is 0 Å². The highest BCUT2D eigenvalue weighted by atomic mass is 79.9. The lowest BCUT2D eigenvalue weighted by Crippen LogP contribution is -2.49. The van der Waals surface area contributed by atoms with Gasteiger partial charge in [0.15, 0.2) is 5.72 Å². The van der Waals surface area contributed by atoms with Crippen LogP contribution in [0.2, 0.25) is 0 Å². The highest BCUT2D eigenvalue weighted by molar-refractivity contribution is 9.10. The maximum Gasteiger partial charge on any atom is 0.276 e. The summed E-state index contributed by atoms with van der Waals surface area (Å²) in [6.07, 6.45) is 0.393. The fourth-order valence-electron chi connectivity index (χ4n) is 2.16. The number of benzene rings is 1.